The molecule has 9 heteroatoms. The van der Waals surface area contributed by atoms with Crippen LogP contribution in [0.15, 0.2) is 71.4 Å². The van der Waals surface area contributed by atoms with Crippen LogP contribution in [0.1, 0.15) is 265 Å². The van der Waals surface area contributed by atoms with Gasteiger partial charge in [0.05, 0.1) is 0 Å². The fourth-order valence-corrected chi connectivity index (χ4v) is 13.5. The average Bonchev–Trinajstić information content (AvgIpc) is 4.21. The van der Waals surface area contributed by atoms with Crippen molar-refractivity contribution in [1.29, 1.82) is 0 Å². The fourth-order valence-electron chi connectivity index (χ4n) is 11.9. The summed E-state index contributed by atoms with van der Waals surface area (Å²) in [5.41, 5.74) is 5.15. The zero-order chi connectivity index (χ0) is 56.4. The first-order valence-electron chi connectivity index (χ1n) is 32.6. The molecule has 2 aromatic carbocycles. The van der Waals surface area contributed by atoms with Gasteiger partial charge in [0.1, 0.15) is 11.5 Å². The second-order valence-corrected chi connectivity index (χ2v) is 25.6. The number of benzene rings is 2. The number of hydrogen-bond donors (Lipinski definition) is 1. The summed E-state index contributed by atoms with van der Waals surface area (Å²) < 4.78 is 5.91. The van der Waals surface area contributed by atoms with Gasteiger partial charge in [-0.3, -0.25) is 19.4 Å². The molecule has 2 heterocycles. The summed E-state index contributed by atoms with van der Waals surface area (Å²) in [4.78, 5) is 31.4. The van der Waals surface area contributed by atoms with Crippen LogP contribution in [0.2, 0.25) is 0 Å². The molecule has 0 aliphatic heterocycles. The molecule has 0 fully saturated rings. The maximum Gasteiger partial charge on any atom is 0.311 e. The molecule has 0 amide bonds. The molecule has 2 atom stereocenters. The second kappa shape index (κ2) is 44.6. The van der Waals surface area contributed by atoms with Crippen LogP contribution < -0.4 is 4.74 Å². The van der Waals surface area contributed by atoms with E-state index in [4.69, 9.17) is 16.3 Å². The van der Waals surface area contributed by atoms with Gasteiger partial charge >= 0.3 is 5.97 Å². The topological polar surface area (TPSA) is 70.1 Å². The van der Waals surface area contributed by atoms with Crippen molar-refractivity contribution in [2.75, 3.05) is 26.2 Å². The van der Waals surface area contributed by atoms with Crippen LogP contribution in [0.25, 0.3) is 0 Å². The molecule has 444 valence electrons. The van der Waals surface area contributed by atoms with Crippen LogP contribution in [-0.2, 0) is 48.1 Å². The number of carbonyl (C=O) groups excluding carboxylic acids is 2. The third-order valence-electron chi connectivity index (χ3n) is 16.5. The normalized spacial score (nSPS) is 14.8. The molecule has 2 aliphatic carbocycles. The smallest absolute Gasteiger partial charge is 0.311 e. The lowest BCUT2D eigenvalue weighted by Crippen LogP contribution is -2.41. The molecule has 4 aromatic rings. The van der Waals surface area contributed by atoms with E-state index < -0.39 is 0 Å². The Balaban J connectivity index is 0.000000283. The molecule has 6 nitrogen and oxygen atoms in total. The SMILES string of the molecule is CCCCCCCCCCCCCCCC(=O)Cl.CCCCCCCCCCCCCCCC(=O)Oc1cccc2c1CCC(N(CCC)CCc1cccs1)C2.CCCN(CCc1cccs1)C1CCc2c(O)cccc2C1. The first-order chi connectivity index (χ1) is 38.8. The minimum Gasteiger partial charge on any atom is -0.508 e. The lowest BCUT2D eigenvalue weighted by Gasteiger charge is -2.35. The highest BCUT2D eigenvalue weighted by atomic mass is 35.5. The molecule has 2 unspecified atom stereocenters. The maximum absolute atomic E-state index is 12.6. The van der Waals surface area contributed by atoms with Gasteiger partial charge in [0.2, 0.25) is 5.24 Å². The number of phenols is 1. The number of unbranched alkanes of at least 4 members (excludes halogenated alkanes) is 24. The highest BCUT2D eigenvalue weighted by Crippen LogP contribution is 2.33. The van der Waals surface area contributed by atoms with Crippen molar-refractivity contribution < 1.29 is 19.4 Å². The third kappa shape index (κ3) is 30.2. The van der Waals surface area contributed by atoms with Gasteiger partial charge in [-0.2, -0.15) is 0 Å². The van der Waals surface area contributed by atoms with E-state index in [0.29, 0.717) is 30.7 Å². The molecular weight excluding hydrogens is 1030 g/mol. The van der Waals surface area contributed by atoms with E-state index in [-0.39, 0.29) is 11.2 Å². The number of phenolic OH excluding ortho intramolecular Hbond substituents is 1. The van der Waals surface area contributed by atoms with Crippen LogP contribution >= 0.6 is 34.3 Å². The Labute approximate surface area is 496 Å². The standard InChI is InChI=1S/C35H55NO2S.C19H25NOS.C16H31ClO/c1-3-5-6-7-8-9-10-11-12-13-14-15-16-22-35(37)38-34-21-17-19-30-29-31(23-24-33(30)34)36(26-4-2)27-25-32-20-18-28-39-32;1-2-11-20(12-10-17-6-4-13-22-17)16-8-9-18-15(14-16)5-3-7-19(18)21;1-2-3-4-5-6-7-8-9-10-11-12-13-14-15-16(17)18/h17-21,28,31H,3-16,22-27,29H2,1-2H3;3-7,13,16,21H,2,8-12,14H2,1H3;2-15H2,1H3. The Morgan fingerprint density at radius 2 is 0.899 bits per heavy atom. The zero-order valence-corrected chi connectivity index (χ0v) is 52.9. The number of aromatic hydroxyl groups is 1. The van der Waals surface area contributed by atoms with E-state index in [2.05, 4.69) is 90.7 Å². The molecule has 79 heavy (non-hydrogen) atoms. The van der Waals surface area contributed by atoms with Crippen molar-refractivity contribution in [1.82, 2.24) is 9.80 Å². The first kappa shape index (κ1) is 68.5. The van der Waals surface area contributed by atoms with Gasteiger partial charge in [0.25, 0.3) is 0 Å². The molecule has 2 aliphatic rings. The summed E-state index contributed by atoms with van der Waals surface area (Å²) in [5, 5.41) is 14.2. The minimum absolute atomic E-state index is 0.0582. The third-order valence-corrected chi connectivity index (χ3v) is 18.6. The average molecular weight is 1140 g/mol. The number of esters is 1. The number of hydrogen-bond acceptors (Lipinski definition) is 8. The summed E-state index contributed by atoms with van der Waals surface area (Å²) in [6.07, 6.45) is 46.7. The fraction of sp³-hybridized carbons (Fsp3) is 0.686. The first-order valence-corrected chi connectivity index (χ1v) is 34.7. The maximum atomic E-state index is 12.6. The van der Waals surface area contributed by atoms with Crippen molar-refractivity contribution in [3.05, 3.63) is 103 Å². The van der Waals surface area contributed by atoms with Crippen molar-refractivity contribution in [3.8, 4) is 11.5 Å². The Morgan fingerprint density at radius 1 is 0.494 bits per heavy atom. The van der Waals surface area contributed by atoms with Gasteiger partial charge in [0.15, 0.2) is 0 Å². The molecule has 0 bridgehead atoms. The largest absolute Gasteiger partial charge is 0.508 e. The van der Waals surface area contributed by atoms with Crippen LogP contribution in [0.4, 0.5) is 0 Å². The molecular formula is C70H111ClN2O4S2. The number of nitrogens with zero attached hydrogens (tertiary/aromatic N) is 2. The Hall–Kier alpha value is -3.01. The van der Waals surface area contributed by atoms with Gasteiger partial charge in [-0.15, -0.1) is 22.7 Å². The Kier molecular flexibility index (Phi) is 38.6. The lowest BCUT2D eigenvalue weighted by molar-refractivity contribution is -0.134. The molecule has 6 rings (SSSR count). The summed E-state index contributed by atoms with van der Waals surface area (Å²) in [6.45, 7) is 13.7. The number of thiophene rings is 2. The van der Waals surface area contributed by atoms with Gasteiger partial charge in [-0.1, -0.05) is 218 Å². The van der Waals surface area contributed by atoms with Crippen molar-refractivity contribution in [3.63, 3.8) is 0 Å². The van der Waals surface area contributed by atoms with Crippen LogP contribution in [0, 0.1) is 0 Å². The van der Waals surface area contributed by atoms with E-state index >= 15 is 0 Å². The molecule has 1 N–H and O–H groups in total. The quantitative estimate of drug-likeness (QED) is 0.0207. The van der Waals surface area contributed by atoms with Crippen LogP contribution in [-0.4, -0.2) is 64.4 Å². The van der Waals surface area contributed by atoms with Crippen LogP contribution in [0.3, 0.4) is 0 Å². The summed E-state index contributed by atoms with van der Waals surface area (Å²) in [5.74, 6) is 1.24. The number of ether oxygens (including phenoxy) is 1. The highest BCUT2D eigenvalue weighted by molar-refractivity contribution is 7.10. The summed E-state index contributed by atoms with van der Waals surface area (Å²) in [7, 11) is 0. The Bertz CT molecular complexity index is 2110. The molecule has 0 radical (unpaired) electrons. The van der Waals surface area contributed by atoms with Gasteiger partial charge < -0.3 is 9.84 Å². The zero-order valence-electron chi connectivity index (χ0n) is 50.5. The number of carbonyl (C=O) groups is 2. The lowest BCUT2D eigenvalue weighted by atomic mass is 9.86. The second-order valence-electron chi connectivity index (χ2n) is 23.1. The summed E-state index contributed by atoms with van der Waals surface area (Å²) in [6, 6.07) is 22.3. The van der Waals surface area contributed by atoms with Gasteiger partial charge in [-0.25, -0.2) is 0 Å². The van der Waals surface area contributed by atoms with E-state index in [1.165, 1.54) is 193 Å². The molecule has 0 saturated carbocycles. The monoisotopic (exact) mass is 1140 g/mol. The van der Waals surface area contributed by atoms with E-state index in [0.717, 1.165) is 102 Å². The van der Waals surface area contributed by atoms with Gasteiger partial charge in [0, 0.05) is 47.8 Å². The predicted molar refractivity (Wildman–Crippen MR) is 343 cm³/mol. The number of fused-ring (bicyclic) bond motifs is 2. The molecule has 2 aromatic heterocycles. The number of halogens is 1. The predicted octanol–water partition coefficient (Wildman–Crippen LogP) is 20.4. The summed E-state index contributed by atoms with van der Waals surface area (Å²) >= 11 is 9.01. The van der Waals surface area contributed by atoms with Gasteiger partial charge in [-0.05, 0) is 159 Å². The molecule has 0 saturated heterocycles. The van der Waals surface area contributed by atoms with Crippen molar-refractivity contribution in [2.45, 2.75) is 284 Å². The Morgan fingerprint density at radius 3 is 1.32 bits per heavy atom. The highest BCUT2D eigenvalue weighted by Gasteiger charge is 2.27. The van der Waals surface area contributed by atoms with E-state index in [1.54, 1.807) is 0 Å². The molecule has 0 spiro atoms. The number of rotatable bonds is 41. The van der Waals surface area contributed by atoms with Crippen LogP contribution in [0.5, 0.6) is 11.5 Å². The van der Waals surface area contributed by atoms with Crippen molar-refractivity contribution in [2.24, 2.45) is 0 Å². The van der Waals surface area contributed by atoms with Crippen molar-refractivity contribution >= 4 is 45.5 Å². The van der Waals surface area contributed by atoms with E-state index in [1.807, 2.05) is 40.9 Å². The minimum atomic E-state index is -0.182. The van der Waals surface area contributed by atoms with E-state index in [9.17, 15) is 14.7 Å².